The molecule has 0 radical (unpaired) electrons. The molecule has 0 saturated carbocycles. The van der Waals surface area contributed by atoms with Gasteiger partial charge in [-0.1, -0.05) is 11.6 Å². The normalized spacial score (nSPS) is 15.5. The van der Waals surface area contributed by atoms with Crippen LogP contribution in [0.15, 0.2) is 30.3 Å². The van der Waals surface area contributed by atoms with E-state index in [0.29, 0.717) is 0 Å². The zero-order valence-corrected chi connectivity index (χ0v) is 11.5. The van der Waals surface area contributed by atoms with Crippen LogP contribution in [0.3, 0.4) is 0 Å². The van der Waals surface area contributed by atoms with Crippen LogP contribution in [0, 0.1) is 0 Å². The molecule has 1 aromatic carbocycles. The van der Waals surface area contributed by atoms with E-state index in [4.69, 9.17) is 11.6 Å². The second-order valence-electron chi connectivity index (χ2n) is 4.24. The molecule has 0 bridgehead atoms. The predicted octanol–water partition coefficient (Wildman–Crippen LogP) is 2.72. The second-order valence-corrected chi connectivity index (χ2v) is 4.68. The van der Waals surface area contributed by atoms with Crippen molar-refractivity contribution in [3.8, 4) is 0 Å². The van der Waals surface area contributed by atoms with E-state index in [-0.39, 0.29) is 12.4 Å². The van der Waals surface area contributed by atoms with Crippen molar-refractivity contribution in [3.05, 3.63) is 35.4 Å². The van der Waals surface area contributed by atoms with Gasteiger partial charge in [-0.05, 0) is 30.3 Å². The summed E-state index contributed by atoms with van der Waals surface area (Å²) in [5.74, 6) is 1.06. The summed E-state index contributed by atoms with van der Waals surface area (Å²) in [4.78, 5) is 6.99. The fraction of sp³-hybridized carbons (Fsp3) is 0.308. The Morgan fingerprint density at radius 2 is 1.89 bits per heavy atom. The Morgan fingerprint density at radius 1 is 1.11 bits per heavy atom. The zero-order chi connectivity index (χ0) is 11.7. The van der Waals surface area contributed by atoms with Gasteiger partial charge in [-0.2, -0.15) is 0 Å². The minimum absolute atomic E-state index is 0. The Labute approximate surface area is 118 Å². The zero-order valence-electron chi connectivity index (χ0n) is 9.90. The Morgan fingerprint density at radius 3 is 2.67 bits per heavy atom. The minimum Gasteiger partial charge on any atom is -0.354 e. The van der Waals surface area contributed by atoms with E-state index in [2.05, 4.69) is 27.3 Å². The van der Waals surface area contributed by atoms with Crippen LogP contribution < -0.4 is 10.2 Å². The highest BCUT2D eigenvalue weighted by molar-refractivity contribution is 6.31. The first-order chi connectivity index (χ1) is 8.33. The molecule has 2 aromatic rings. The lowest BCUT2D eigenvalue weighted by atomic mass is 10.2. The van der Waals surface area contributed by atoms with Crippen LogP contribution in [0.4, 0.5) is 5.82 Å². The van der Waals surface area contributed by atoms with E-state index >= 15 is 0 Å². The lowest BCUT2D eigenvalue weighted by molar-refractivity contribution is 0.585. The summed E-state index contributed by atoms with van der Waals surface area (Å²) in [5.41, 5.74) is 1.01. The van der Waals surface area contributed by atoms with Crippen molar-refractivity contribution in [2.24, 2.45) is 0 Å². The third kappa shape index (κ3) is 2.69. The molecule has 1 saturated heterocycles. The summed E-state index contributed by atoms with van der Waals surface area (Å²) in [7, 11) is 0. The molecule has 2 heterocycles. The fourth-order valence-electron chi connectivity index (χ4n) is 2.16. The van der Waals surface area contributed by atoms with Crippen LogP contribution in [0.5, 0.6) is 0 Å². The van der Waals surface area contributed by atoms with Crippen molar-refractivity contribution < 1.29 is 0 Å². The molecule has 0 aliphatic carbocycles. The SMILES string of the molecule is Cl.Clc1ccc2nc(N3CCNCC3)ccc2c1. The molecule has 1 N–H and O–H groups in total. The third-order valence-electron chi connectivity index (χ3n) is 3.08. The molecule has 5 heteroatoms. The maximum absolute atomic E-state index is 5.96. The van der Waals surface area contributed by atoms with Crippen LogP contribution in [0.2, 0.25) is 5.02 Å². The van der Waals surface area contributed by atoms with Gasteiger partial charge in [-0.3, -0.25) is 0 Å². The van der Waals surface area contributed by atoms with E-state index in [1.807, 2.05) is 18.2 Å². The first-order valence-corrected chi connectivity index (χ1v) is 6.23. The number of anilines is 1. The molecule has 0 amide bonds. The summed E-state index contributed by atoms with van der Waals surface area (Å²) in [5, 5.41) is 5.19. The van der Waals surface area contributed by atoms with Gasteiger partial charge in [0.1, 0.15) is 5.82 Å². The van der Waals surface area contributed by atoms with Gasteiger partial charge in [-0.25, -0.2) is 4.98 Å². The lowest BCUT2D eigenvalue weighted by Crippen LogP contribution is -2.43. The number of piperazine rings is 1. The summed E-state index contributed by atoms with van der Waals surface area (Å²) in [6.45, 7) is 4.10. The summed E-state index contributed by atoms with van der Waals surface area (Å²) >= 11 is 5.96. The van der Waals surface area contributed by atoms with Gasteiger partial charge in [0.2, 0.25) is 0 Å². The Kier molecular flexibility index (Phi) is 4.27. The minimum atomic E-state index is 0. The van der Waals surface area contributed by atoms with Crippen molar-refractivity contribution >= 4 is 40.7 Å². The third-order valence-corrected chi connectivity index (χ3v) is 3.31. The van der Waals surface area contributed by atoms with Gasteiger partial charge in [0.25, 0.3) is 0 Å². The standard InChI is InChI=1S/C13H14ClN3.ClH/c14-11-2-3-12-10(9-11)1-4-13(16-12)17-7-5-15-6-8-17;/h1-4,9,15H,5-8H2;1H. The molecule has 3 nitrogen and oxygen atoms in total. The number of aromatic nitrogens is 1. The van der Waals surface area contributed by atoms with E-state index < -0.39 is 0 Å². The Bertz CT molecular complexity index is 539. The number of benzene rings is 1. The van der Waals surface area contributed by atoms with Gasteiger partial charge in [-0.15, -0.1) is 12.4 Å². The van der Waals surface area contributed by atoms with Gasteiger partial charge in [0, 0.05) is 36.6 Å². The van der Waals surface area contributed by atoms with Crippen LogP contribution in [0.25, 0.3) is 10.9 Å². The van der Waals surface area contributed by atoms with Crippen LogP contribution >= 0.6 is 24.0 Å². The Hall–Kier alpha value is -1.03. The highest BCUT2D eigenvalue weighted by Crippen LogP contribution is 2.21. The average Bonchev–Trinajstić information content (AvgIpc) is 2.39. The van der Waals surface area contributed by atoms with Crippen molar-refractivity contribution in [2.75, 3.05) is 31.1 Å². The topological polar surface area (TPSA) is 28.2 Å². The predicted molar refractivity (Wildman–Crippen MR) is 79.1 cm³/mol. The van der Waals surface area contributed by atoms with Crippen molar-refractivity contribution in [1.29, 1.82) is 0 Å². The molecule has 0 spiro atoms. The van der Waals surface area contributed by atoms with E-state index in [1.165, 1.54) is 0 Å². The van der Waals surface area contributed by atoms with E-state index in [1.54, 1.807) is 0 Å². The molecular weight excluding hydrogens is 269 g/mol. The quantitative estimate of drug-likeness (QED) is 0.872. The first kappa shape index (κ1) is 13.4. The molecular formula is C13H15Cl2N3. The van der Waals surface area contributed by atoms with Crippen LogP contribution in [0.1, 0.15) is 0 Å². The maximum Gasteiger partial charge on any atom is 0.129 e. The summed E-state index contributed by atoms with van der Waals surface area (Å²) in [6, 6.07) is 9.97. The monoisotopic (exact) mass is 283 g/mol. The molecule has 0 unspecified atom stereocenters. The number of rotatable bonds is 1. The average molecular weight is 284 g/mol. The number of nitrogens with zero attached hydrogens (tertiary/aromatic N) is 2. The molecule has 96 valence electrons. The van der Waals surface area contributed by atoms with E-state index in [0.717, 1.165) is 47.9 Å². The highest BCUT2D eigenvalue weighted by atomic mass is 35.5. The van der Waals surface area contributed by atoms with Crippen LogP contribution in [-0.2, 0) is 0 Å². The fourth-order valence-corrected chi connectivity index (χ4v) is 2.34. The largest absolute Gasteiger partial charge is 0.354 e. The van der Waals surface area contributed by atoms with Gasteiger partial charge >= 0.3 is 0 Å². The number of hydrogen-bond acceptors (Lipinski definition) is 3. The van der Waals surface area contributed by atoms with Gasteiger partial charge < -0.3 is 10.2 Å². The first-order valence-electron chi connectivity index (χ1n) is 5.85. The number of halogens is 2. The molecule has 3 rings (SSSR count). The molecule has 1 aromatic heterocycles. The highest BCUT2D eigenvalue weighted by Gasteiger charge is 2.11. The smallest absolute Gasteiger partial charge is 0.129 e. The summed E-state index contributed by atoms with van der Waals surface area (Å²) < 4.78 is 0. The van der Waals surface area contributed by atoms with Crippen molar-refractivity contribution in [2.45, 2.75) is 0 Å². The second kappa shape index (κ2) is 5.74. The molecule has 1 fully saturated rings. The van der Waals surface area contributed by atoms with Crippen molar-refractivity contribution in [3.63, 3.8) is 0 Å². The molecule has 1 aliphatic rings. The number of fused-ring (bicyclic) bond motifs is 1. The van der Waals surface area contributed by atoms with Crippen molar-refractivity contribution in [1.82, 2.24) is 10.3 Å². The van der Waals surface area contributed by atoms with E-state index in [9.17, 15) is 0 Å². The van der Waals surface area contributed by atoms with Gasteiger partial charge in [0.05, 0.1) is 5.52 Å². The maximum atomic E-state index is 5.96. The number of hydrogen-bond donors (Lipinski definition) is 1. The number of pyridine rings is 1. The summed E-state index contributed by atoms with van der Waals surface area (Å²) in [6.07, 6.45) is 0. The molecule has 18 heavy (non-hydrogen) atoms. The number of nitrogens with one attached hydrogen (secondary N) is 1. The molecule has 0 atom stereocenters. The molecule has 1 aliphatic heterocycles. The Balaban J connectivity index is 0.00000120. The lowest BCUT2D eigenvalue weighted by Gasteiger charge is -2.28. The van der Waals surface area contributed by atoms with Gasteiger partial charge in [0.15, 0.2) is 0 Å². The van der Waals surface area contributed by atoms with Crippen LogP contribution in [-0.4, -0.2) is 31.2 Å².